The summed E-state index contributed by atoms with van der Waals surface area (Å²) in [4.78, 5) is 2.63. The highest BCUT2D eigenvalue weighted by molar-refractivity contribution is 5.69. The van der Waals surface area contributed by atoms with Crippen LogP contribution in [0.4, 0.5) is 0 Å². The largest absolute Gasteiger partial charge is 0.296 e. The molecular weight excluding hydrogens is 194 g/mol. The molecule has 1 aromatic rings. The molecule has 0 saturated heterocycles. The number of hydrogen-bond donors (Lipinski definition) is 0. The van der Waals surface area contributed by atoms with E-state index < -0.39 is 0 Å². The zero-order valence-electron chi connectivity index (χ0n) is 9.95. The van der Waals surface area contributed by atoms with E-state index in [1.54, 1.807) is 5.57 Å². The summed E-state index contributed by atoms with van der Waals surface area (Å²) in [6, 6.07) is 9.65. The highest BCUT2D eigenvalue weighted by Gasteiger charge is 2.29. The van der Waals surface area contributed by atoms with Gasteiger partial charge in [0.25, 0.3) is 0 Å². The molecule has 0 radical (unpaired) electrons. The Morgan fingerprint density at radius 3 is 2.62 bits per heavy atom. The Balaban J connectivity index is 1.79. The van der Waals surface area contributed by atoms with Crippen LogP contribution in [0, 0.1) is 6.92 Å². The molecule has 0 N–H and O–H groups in total. The molecular formula is C15H19N. The van der Waals surface area contributed by atoms with Crippen LogP contribution in [0.3, 0.4) is 0 Å². The lowest BCUT2D eigenvalue weighted by Crippen LogP contribution is -2.30. The minimum Gasteiger partial charge on any atom is -0.296 e. The number of benzene rings is 1. The zero-order chi connectivity index (χ0) is 11.0. The lowest BCUT2D eigenvalue weighted by atomic mass is 9.95. The predicted molar refractivity (Wildman–Crippen MR) is 68.4 cm³/mol. The van der Waals surface area contributed by atoms with Gasteiger partial charge in [-0.2, -0.15) is 0 Å². The molecule has 0 amide bonds. The van der Waals surface area contributed by atoms with Crippen LogP contribution in [-0.2, 0) is 0 Å². The van der Waals surface area contributed by atoms with Gasteiger partial charge in [0, 0.05) is 19.1 Å². The highest BCUT2D eigenvalue weighted by Crippen LogP contribution is 2.31. The Morgan fingerprint density at radius 2 is 2.00 bits per heavy atom. The van der Waals surface area contributed by atoms with Gasteiger partial charge in [0.05, 0.1) is 0 Å². The molecule has 1 nitrogen and oxygen atoms in total. The summed E-state index contributed by atoms with van der Waals surface area (Å²) in [6.45, 7) is 4.63. The molecule has 1 aliphatic heterocycles. The summed E-state index contributed by atoms with van der Waals surface area (Å²) in [6.07, 6.45) is 6.51. The average molecular weight is 213 g/mol. The highest BCUT2D eigenvalue weighted by atomic mass is 15.2. The first-order valence-electron chi connectivity index (χ1n) is 6.33. The van der Waals surface area contributed by atoms with Gasteiger partial charge >= 0.3 is 0 Å². The molecule has 84 valence electrons. The van der Waals surface area contributed by atoms with Crippen LogP contribution in [0.25, 0.3) is 5.57 Å². The Labute approximate surface area is 97.8 Å². The topological polar surface area (TPSA) is 3.24 Å². The van der Waals surface area contributed by atoms with E-state index in [2.05, 4.69) is 42.2 Å². The van der Waals surface area contributed by atoms with Gasteiger partial charge in [-0.25, -0.2) is 0 Å². The fourth-order valence-electron chi connectivity index (χ4n) is 2.63. The standard InChI is InChI=1S/C15H19N/c1-12-4-2-3-5-15(12)13-8-10-16(11-9-13)14-6-7-14/h2-5,8,14H,6-7,9-11H2,1H3. The molecule has 0 aromatic heterocycles. The van der Waals surface area contributed by atoms with Crippen molar-refractivity contribution in [2.75, 3.05) is 13.1 Å². The smallest absolute Gasteiger partial charge is 0.0172 e. The van der Waals surface area contributed by atoms with E-state index in [1.807, 2.05) is 0 Å². The Bertz CT molecular complexity index is 415. The number of aryl methyl sites for hydroxylation is 1. The summed E-state index contributed by atoms with van der Waals surface area (Å²) >= 11 is 0. The second-order valence-corrected chi connectivity index (χ2v) is 5.02. The molecule has 1 heterocycles. The molecule has 0 unspecified atom stereocenters. The normalized spacial score (nSPS) is 21.9. The monoisotopic (exact) mass is 213 g/mol. The van der Waals surface area contributed by atoms with Crippen molar-refractivity contribution in [1.82, 2.24) is 4.90 Å². The fourth-order valence-corrected chi connectivity index (χ4v) is 2.63. The van der Waals surface area contributed by atoms with Crippen LogP contribution >= 0.6 is 0 Å². The van der Waals surface area contributed by atoms with Gasteiger partial charge in [-0.05, 0) is 42.9 Å². The molecule has 1 saturated carbocycles. The maximum Gasteiger partial charge on any atom is 0.0172 e. The minimum atomic E-state index is 0.912. The van der Waals surface area contributed by atoms with E-state index in [1.165, 1.54) is 36.9 Å². The van der Waals surface area contributed by atoms with E-state index in [4.69, 9.17) is 0 Å². The van der Waals surface area contributed by atoms with Crippen molar-refractivity contribution in [3.63, 3.8) is 0 Å². The lowest BCUT2D eigenvalue weighted by molar-refractivity contribution is 0.291. The molecule has 0 bridgehead atoms. The second kappa shape index (κ2) is 4.06. The zero-order valence-corrected chi connectivity index (χ0v) is 9.95. The van der Waals surface area contributed by atoms with Gasteiger partial charge in [-0.15, -0.1) is 0 Å². The Morgan fingerprint density at radius 1 is 1.19 bits per heavy atom. The van der Waals surface area contributed by atoms with Crippen LogP contribution in [0.15, 0.2) is 30.3 Å². The lowest BCUT2D eigenvalue weighted by Gasteiger charge is -2.26. The van der Waals surface area contributed by atoms with Crippen molar-refractivity contribution in [3.05, 3.63) is 41.5 Å². The van der Waals surface area contributed by atoms with Gasteiger partial charge in [0.1, 0.15) is 0 Å². The summed E-state index contributed by atoms with van der Waals surface area (Å²) in [5.41, 5.74) is 4.42. The first-order valence-corrected chi connectivity index (χ1v) is 6.33. The third kappa shape index (κ3) is 1.92. The molecule has 1 heteroatoms. The quantitative estimate of drug-likeness (QED) is 0.729. The van der Waals surface area contributed by atoms with Crippen molar-refractivity contribution in [3.8, 4) is 0 Å². The third-order valence-electron chi connectivity index (χ3n) is 3.79. The van der Waals surface area contributed by atoms with Crippen molar-refractivity contribution in [2.45, 2.75) is 32.2 Å². The van der Waals surface area contributed by atoms with Crippen LogP contribution in [0.2, 0.25) is 0 Å². The number of nitrogens with zero attached hydrogens (tertiary/aromatic N) is 1. The van der Waals surface area contributed by atoms with E-state index in [0.29, 0.717) is 0 Å². The first-order chi connectivity index (χ1) is 7.84. The van der Waals surface area contributed by atoms with Gasteiger partial charge < -0.3 is 0 Å². The fraction of sp³-hybridized carbons (Fsp3) is 0.467. The minimum absolute atomic E-state index is 0.912. The van der Waals surface area contributed by atoms with E-state index in [0.717, 1.165) is 12.6 Å². The Hall–Kier alpha value is -1.08. The average Bonchev–Trinajstić information content (AvgIpc) is 3.14. The summed E-state index contributed by atoms with van der Waals surface area (Å²) in [5, 5.41) is 0. The number of rotatable bonds is 2. The Kier molecular flexibility index (Phi) is 2.56. The van der Waals surface area contributed by atoms with Gasteiger partial charge in [-0.1, -0.05) is 30.3 Å². The second-order valence-electron chi connectivity index (χ2n) is 5.02. The van der Waals surface area contributed by atoms with E-state index in [-0.39, 0.29) is 0 Å². The van der Waals surface area contributed by atoms with Crippen molar-refractivity contribution in [1.29, 1.82) is 0 Å². The predicted octanol–water partition coefficient (Wildman–Crippen LogP) is 3.25. The molecule has 1 fully saturated rings. The van der Waals surface area contributed by atoms with E-state index >= 15 is 0 Å². The summed E-state index contributed by atoms with van der Waals surface area (Å²) < 4.78 is 0. The van der Waals surface area contributed by atoms with Crippen molar-refractivity contribution in [2.24, 2.45) is 0 Å². The SMILES string of the molecule is Cc1ccccc1C1=CCN(C2CC2)CC1. The summed E-state index contributed by atoms with van der Waals surface area (Å²) in [5.74, 6) is 0. The molecule has 0 atom stereocenters. The molecule has 1 aromatic carbocycles. The maximum atomic E-state index is 2.63. The van der Waals surface area contributed by atoms with Gasteiger partial charge in [0.15, 0.2) is 0 Å². The van der Waals surface area contributed by atoms with Gasteiger partial charge in [-0.3, -0.25) is 4.90 Å². The third-order valence-corrected chi connectivity index (χ3v) is 3.79. The van der Waals surface area contributed by atoms with Crippen LogP contribution < -0.4 is 0 Å². The molecule has 1 aliphatic carbocycles. The maximum absolute atomic E-state index is 2.63. The van der Waals surface area contributed by atoms with Crippen LogP contribution in [0.5, 0.6) is 0 Å². The van der Waals surface area contributed by atoms with Crippen molar-refractivity contribution < 1.29 is 0 Å². The molecule has 0 spiro atoms. The van der Waals surface area contributed by atoms with Crippen LogP contribution in [-0.4, -0.2) is 24.0 Å². The molecule has 16 heavy (non-hydrogen) atoms. The van der Waals surface area contributed by atoms with Gasteiger partial charge in [0.2, 0.25) is 0 Å². The van der Waals surface area contributed by atoms with E-state index in [9.17, 15) is 0 Å². The van der Waals surface area contributed by atoms with Crippen molar-refractivity contribution >= 4 is 5.57 Å². The first kappa shape index (κ1) is 10.1. The number of hydrogen-bond acceptors (Lipinski definition) is 1. The molecule has 2 aliphatic rings. The van der Waals surface area contributed by atoms with Crippen LogP contribution in [0.1, 0.15) is 30.4 Å². The molecule has 3 rings (SSSR count). The summed E-state index contributed by atoms with van der Waals surface area (Å²) in [7, 11) is 0.